The van der Waals surface area contributed by atoms with Gasteiger partial charge in [0.25, 0.3) is 0 Å². The van der Waals surface area contributed by atoms with E-state index in [0.717, 1.165) is 0 Å². The summed E-state index contributed by atoms with van der Waals surface area (Å²) in [7, 11) is 0. The topological polar surface area (TPSA) is 31.4 Å². The van der Waals surface area contributed by atoms with E-state index in [2.05, 4.69) is 14.5 Å². The molecule has 3 rings (SSSR count). The SMILES string of the molecule is FC1(F)Oc2cc3ccnc(Cl)c3cc2O1. The maximum atomic E-state index is 12.8. The van der Waals surface area contributed by atoms with Crippen LogP contribution < -0.4 is 9.47 Å². The van der Waals surface area contributed by atoms with Crippen LogP contribution in [0.3, 0.4) is 0 Å². The van der Waals surface area contributed by atoms with Crippen LogP contribution in [0, 0.1) is 0 Å². The number of nitrogens with zero attached hydrogens (tertiary/aromatic N) is 1. The second kappa shape index (κ2) is 2.95. The molecule has 0 aliphatic carbocycles. The van der Waals surface area contributed by atoms with Gasteiger partial charge in [-0.2, -0.15) is 0 Å². The number of pyridine rings is 1. The Morgan fingerprint density at radius 2 is 1.88 bits per heavy atom. The molecular formula is C10H4ClF2NO2. The van der Waals surface area contributed by atoms with Crippen LogP contribution in [0.15, 0.2) is 24.4 Å². The molecule has 0 spiro atoms. The first-order chi connectivity index (χ1) is 7.55. The summed E-state index contributed by atoms with van der Waals surface area (Å²) >= 11 is 5.83. The number of aromatic nitrogens is 1. The first-order valence-electron chi connectivity index (χ1n) is 4.39. The summed E-state index contributed by atoms with van der Waals surface area (Å²) in [6, 6.07) is 4.49. The zero-order valence-electron chi connectivity index (χ0n) is 7.71. The number of rotatable bonds is 0. The summed E-state index contributed by atoms with van der Waals surface area (Å²) in [6.45, 7) is 0. The van der Waals surface area contributed by atoms with Gasteiger partial charge in [0.05, 0.1) is 0 Å². The van der Waals surface area contributed by atoms with Crippen LogP contribution in [0.25, 0.3) is 10.8 Å². The van der Waals surface area contributed by atoms with E-state index in [0.29, 0.717) is 10.8 Å². The molecule has 2 aromatic rings. The van der Waals surface area contributed by atoms with Crippen LogP contribution in [0.2, 0.25) is 5.15 Å². The van der Waals surface area contributed by atoms with E-state index < -0.39 is 6.29 Å². The lowest BCUT2D eigenvalue weighted by molar-refractivity contribution is -0.286. The Kier molecular flexibility index (Phi) is 1.77. The average Bonchev–Trinajstić information content (AvgIpc) is 2.48. The summed E-state index contributed by atoms with van der Waals surface area (Å²) in [6.07, 6.45) is -2.12. The van der Waals surface area contributed by atoms with E-state index in [4.69, 9.17) is 11.6 Å². The Hall–Kier alpha value is -1.62. The molecule has 1 aliphatic rings. The molecule has 0 N–H and O–H groups in total. The van der Waals surface area contributed by atoms with E-state index >= 15 is 0 Å². The molecule has 0 unspecified atom stereocenters. The van der Waals surface area contributed by atoms with Crippen molar-refractivity contribution in [1.29, 1.82) is 0 Å². The Morgan fingerprint density at radius 1 is 1.19 bits per heavy atom. The largest absolute Gasteiger partial charge is 0.586 e. The molecule has 0 amide bonds. The molecule has 1 aromatic heterocycles. The third kappa shape index (κ3) is 1.36. The fourth-order valence-corrected chi connectivity index (χ4v) is 1.80. The Labute approximate surface area is 93.6 Å². The van der Waals surface area contributed by atoms with Crippen molar-refractivity contribution >= 4 is 22.4 Å². The number of halogens is 3. The molecule has 16 heavy (non-hydrogen) atoms. The van der Waals surface area contributed by atoms with Gasteiger partial charge in [0, 0.05) is 11.6 Å². The first kappa shape index (κ1) is 9.59. The normalized spacial score (nSPS) is 16.7. The van der Waals surface area contributed by atoms with Crippen molar-refractivity contribution in [3.05, 3.63) is 29.5 Å². The highest BCUT2D eigenvalue weighted by atomic mass is 35.5. The van der Waals surface area contributed by atoms with Crippen LogP contribution >= 0.6 is 11.6 Å². The van der Waals surface area contributed by atoms with Crippen LogP contribution in [-0.2, 0) is 0 Å². The lowest BCUT2D eigenvalue weighted by atomic mass is 10.1. The van der Waals surface area contributed by atoms with Crippen molar-refractivity contribution in [2.24, 2.45) is 0 Å². The van der Waals surface area contributed by atoms with Crippen LogP contribution in [0.4, 0.5) is 8.78 Å². The quantitative estimate of drug-likeness (QED) is 0.666. The molecular weight excluding hydrogens is 240 g/mol. The molecule has 0 radical (unpaired) electrons. The number of alkyl halides is 2. The van der Waals surface area contributed by atoms with E-state index in [-0.39, 0.29) is 16.7 Å². The predicted octanol–water partition coefficient (Wildman–Crippen LogP) is 3.21. The maximum absolute atomic E-state index is 12.8. The summed E-state index contributed by atoms with van der Waals surface area (Å²) < 4.78 is 34.2. The number of ether oxygens (including phenoxy) is 2. The molecule has 0 fully saturated rings. The second-order valence-electron chi connectivity index (χ2n) is 3.29. The molecule has 82 valence electrons. The number of fused-ring (bicyclic) bond motifs is 2. The lowest BCUT2D eigenvalue weighted by Gasteiger charge is -2.04. The minimum Gasteiger partial charge on any atom is -0.395 e. The standard InChI is InChI=1S/C10H4ClF2NO2/c11-9-6-4-8-7(15-10(12,13)16-8)3-5(6)1-2-14-9/h1-4H. The monoisotopic (exact) mass is 243 g/mol. The molecule has 0 saturated heterocycles. The minimum absolute atomic E-state index is 0.000216. The highest BCUT2D eigenvalue weighted by Gasteiger charge is 2.43. The fraction of sp³-hybridized carbons (Fsp3) is 0.100. The highest BCUT2D eigenvalue weighted by molar-refractivity contribution is 6.34. The predicted molar refractivity (Wildman–Crippen MR) is 53.0 cm³/mol. The summed E-state index contributed by atoms with van der Waals surface area (Å²) in [4.78, 5) is 3.85. The van der Waals surface area contributed by atoms with Gasteiger partial charge in [0.1, 0.15) is 5.15 Å². The van der Waals surface area contributed by atoms with E-state index in [9.17, 15) is 8.78 Å². The number of hydrogen-bond donors (Lipinski definition) is 0. The van der Waals surface area contributed by atoms with Crippen molar-refractivity contribution in [2.45, 2.75) is 6.29 Å². The maximum Gasteiger partial charge on any atom is 0.586 e. The molecule has 6 heteroatoms. The summed E-state index contributed by atoms with van der Waals surface area (Å²) in [5.74, 6) is -0.0350. The van der Waals surface area contributed by atoms with Crippen LogP contribution in [0.1, 0.15) is 0 Å². The highest BCUT2D eigenvalue weighted by Crippen LogP contribution is 2.43. The smallest absolute Gasteiger partial charge is 0.395 e. The van der Waals surface area contributed by atoms with Gasteiger partial charge in [-0.05, 0) is 23.6 Å². The summed E-state index contributed by atoms with van der Waals surface area (Å²) in [5.41, 5.74) is 0. The van der Waals surface area contributed by atoms with Gasteiger partial charge < -0.3 is 9.47 Å². The van der Waals surface area contributed by atoms with Gasteiger partial charge in [-0.15, -0.1) is 8.78 Å². The van der Waals surface area contributed by atoms with Crippen LogP contribution in [-0.4, -0.2) is 11.3 Å². The number of hydrogen-bond acceptors (Lipinski definition) is 3. The van der Waals surface area contributed by atoms with E-state index in [1.54, 1.807) is 6.07 Å². The molecule has 2 heterocycles. The van der Waals surface area contributed by atoms with Gasteiger partial charge in [-0.3, -0.25) is 0 Å². The van der Waals surface area contributed by atoms with Crippen LogP contribution in [0.5, 0.6) is 11.5 Å². The third-order valence-corrected chi connectivity index (χ3v) is 2.54. The third-order valence-electron chi connectivity index (χ3n) is 2.24. The summed E-state index contributed by atoms with van der Waals surface area (Å²) in [5, 5.41) is 1.45. The van der Waals surface area contributed by atoms with Gasteiger partial charge in [-0.25, -0.2) is 4.98 Å². The zero-order chi connectivity index (χ0) is 11.3. The molecule has 1 aliphatic heterocycles. The average molecular weight is 244 g/mol. The number of benzene rings is 1. The molecule has 0 atom stereocenters. The first-order valence-corrected chi connectivity index (χ1v) is 4.77. The van der Waals surface area contributed by atoms with Crippen molar-refractivity contribution in [3.8, 4) is 11.5 Å². The fourth-order valence-electron chi connectivity index (χ4n) is 1.58. The van der Waals surface area contributed by atoms with Crippen molar-refractivity contribution < 1.29 is 18.3 Å². The van der Waals surface area contributed by atoms with E-state index in [1.807, 2.05) is 0 Å². The van der Waals surface area contributed by atoms with Crippen molar-refractivity contribution in [3.63, 3.8) is 0 Å². The Bertz CT molecular complexity index is 588. The Balaban J connectivity index is 2.26. The molecule has 3 nitrogen and oxygen atoms in total. The van der Waals surface area contributed by atoms with E-state index in [1.165, 1.54) is 18.3 Å². The van der Waals surface area contributed by atoms with Gasteiger partial charge in [0.2, 0.25) is 0 Å². The van der Waals surface area contributed by atoms with Crippen molar-refractivity contribution in [1.82, 2.24) is 4.98 Å². The molecule has 0 saturated carbocycles. The Morgan fingerprint density at radius 3 is 2.62 bits per heavy atom. The van der Waals surface area contributed by atoms with Gasteiger partial charge in [-0.1, -0.05) is 11.6 Å². The second-order valence-corrected chi connectivity index (χ2v) is 3.65. The van der Waals surface area contributed by atoms with Gasteiger partial charge >= 0.3 is 6.29 Å². The lowest BCUT2D eigenvalue weighted by Crippen LogP contribution is -2.25. The molecule has 0 bridgehead atoms. The minimum atomic E-state index is -3.61. The molecule has 1 aromatic carbocycles. The van der Waals surface area contributed by atoms with Gasteiger partial charge in [0.15, 0.2) is 11.5 Å². The van der Waals surface area contributed by atoms with Crippen molar-refractivity contribution in [2.75, 3.05) is 0 Å². The zero-order valence-corrected chi connectivity index (χ0v) is 8.46.